The van der Waals surface area contributed by atoms with Gasteiger partial charge in [0.2, 0.25) is 5.91 Å². The summed E-state index contributed by atoms with van der Waals surface area (Å²) in [5.41, 5.74) is 7.30. The number of hydrogen-bond acceptors (Lipinski definition) is 4. The van der Waals surface area contributed by atoms with Crippen LogP contribution in [-0.2, 0) is 22.5 Å². The molecule has 182 valence electrons. The highest BCUT2D eigenvalue weighted by Crippen LogP contribution is 2.32. The predicted molar refractivity (Wildman–Crippen MR) is 132 cm³/mol. The zero-order valence-corrected chi connectivity index (χ0v) is 20.3. The zero-order chi connectivity index (χ0) is 24.7. The quantitative estimate of drug-likeness (QED) is 0.609. The third-order valence-electron chi connectivity index (χ3n) is 6.29. The Hall–Kier alpha value is -3.26. The predicted octanol–water partition coefficient (Wildman–Crippen LogP) is 4.27. The van der Waals surface area contributed by atoms with E-state index in [4.69, 9.17) is 22.1 Å². The van der Waals surface area contributed by atoms with Gasteiger partial charge in [-0.3, -0.25) is 10.1 Å². The largest absolute Gasteiger partial charge is 0.448 e. The Morgan fingerprint density at radius 3 is 2.35 bits per heavy atom. The van der Waals surface area contributed by atoms with E-state index >= 15 is 0 Å². The van der Waals surface area contributed by atoms with Crippen LogP contribution < -0.4 is 11.1 Å². The van der Waals surface area contributed by atoms with Gasteiger partial charge in [-0.05, 0) is 48.6 Å². The molecule has 1 aliphatic heterocycles. The Labute approximate surface area is 205 Å². The molecule has 3 rings (SSSR count). The van der Waals surface area contributed by atoms with Crippen LogP contribution in [-0.4, -0.2) is 54.6 Å². The molecule has 34 heavy (non-hydrogen) atoms. The summed E-state index contributed by atoms with van der Waals surface area (Å²) >= 11 is 6.21. The number of nitrogens with two attached hydrogens (primary N) is 1. The van der Waals surface area contributed by atoms with E-state index in [2.05, 4.69) is 12.2 Å². The number of nitrogens with one attached hydrogen (secondary N) is 1. The van der Waals surface area contributed by atoms with E-state index in [-0.39, 0.29) is 12.6 Å². The number of primary amides is 1. The van der Waals surface area contributed by atoms with Gasteiger partial charge >= 0.3 is 12.1 Å². The monoisotopic (exact) mass is 486 g/mol. The second-order valence-corrected chi connectivity index (χ2v) is 9.02. The number of rotatable bonds is 7. The fraction of sp³-hybridized carbons (Fsp3) is 0.400. The molecule has 0 atom stereocenters. The molecule has 1 fully saturated rings. The van der Waals surface area contributed by atoms with Crippen LogP contribution in [0.3, 0.4) is 0 Å². The van der Waals surface area contributed by atoms with E-state index in [1.165, 1.54) is 0 Å². The van der Waals surface area contributed by atoms with Crippen molar-refractivity contribution in [3.05, 3.63) is 64.7 Å². The molecular weight excluding hydrogens is 456 g/mol. The van der Waals surface area contributed by atoms with Gasteiger partial charge in [-0.1, -0.05) is 48.9 Å². The summed E-state index contributed by atoms with van der Waals surface area (Å²) in [6.45, 7) is 2.95. The van der Waals surface area contributed by atoms with Crippen molar-refractivity contribution in [1.82, 2.24) is 9.80 Å². The molecule has 9 heteroatoms. The maximum Gasteiger partial charge on any atom is 0.411 e. The van der Waals surface area contributed by atoms with Crippen molar-refractivity contribution in [2.45, 2.75) is 32.7 Å². The molecule has 2 aromatic rings. The average Bonchev–Trinajstić information content (AvgIpc) is 2.84. The highest BCUT2D eigenvalue weighted by Gasteiger charge is 2.42. The third kappa shape index (κ3) is 6.20. The summed E-state index contributed by atoms with van der Waals surface area (Å²) in [6, 6.07) is 14.7. The number of halogens is 1. The van der Waals surface area contributed by atoms with Gasteiger partial charge < -0.3 is 20.3 Å². The summed E-state index contributed by atoms with van der Waals surface area (Å²) in [4.78, 5) is 40.7. The van der Waals surface area contributed by atoms with Crippen molar-refractivity contribution in [2.24, 2.45) is 11.1 Å². The SMILES string of the molecule is CCc1ccc(NC(=O)OCC2(C(N)=O)CCN(C(=O)N(C)Cc3ccccc3Cl)CC2)cc1. The number of likely N-dealkylation sites (tertiary alicyclic amines) is 1. The fourth-order valence-corrected chi connectivity index (χ4v) is 4.16. The van der Waals surface area contributed by atoms with E-state index in [1.807, 2.05) is 30.3 Å². The van der Waals surface area contributed by atoms with Crippen molar-refractivity contribution in [3.8, 4) is 0 Å². The Kier molecular flexibility index (Phi) is 8.39. The number of carbonyl (C=O) groups excluding carboxylic acids is 3. The summed E-state index contributed by atoms with van der Waals surface area (Å²) in [5, 5.41) is 3.27. The van der Waals surface area contributed by atoms with Crippen LogP contribution in [0.2, 0.25) is 5.02 Å². The Bertz CT molecular complexity index is 1020. The van der Waals surface area contributed by atoms with Gasteiger partial charge in [-0.15, -0.1) is 0 Å². The standard InChI is InChI=1S/C25H31ClN4O4/c1-3-18-8-10-20(11-9-18)28-23(32)34-17-25(22(27)31)12-14-30(15-13-25)24(33)29(2)16-19-6-4-5-7-21(19)26/h4-11H,3,12-17H2,1-2H3,(H2,27,31)(H,28,32). The highest BCUT2D eigenvalue weighted by molar-refractivity contribution is 6.31. The highest BCUT2D eigenvalue weighted by atomic mass is 35.5. The lowest BCUT2D eigenvalue weighted by molar-refractivity contribution is -0.132. The lowest BCUT2D eigenvalue weighted by atomic mass is 9.78. The van der Waals surface area contributed by atoms with Gasteiger partial charge in [0.15, 0.2) is 0 Å². The van der Waals surface area contributed by atoms with Crippen LogP contribution in [0.5, 0.6) is 0 Å². The maximum absolute atomic E-state index is 12.9. The number of aryl methyl sites for hydroxylation is 1. The van der Waals surface area contributed by atoms with E-state index in [0.717, 1.165) is 17.5 Å². The van der Waals surface area contributed by atoms with Crippen molar-refractivity contribution in [2.75, 3.05) is 32.1 Å². The van der Waals surface area contributed by atoms with Gasteiger partial charge in [-0.25, -0.2) is 9.59 Å². The number of carbonyl (C=O) groups is 3. The molecule has 0 saturated carbocycles. The molecule has 1 heterocycles. The molecule has 0 radical (unpaired) electrons. The normalized spacial score (nSPS) is 14.9. The summed E-state index contributed by atoms with van der Waals surface area (Å²) in [5.74, 6) is -0.538. The molecule has 8 nitrogen and oxygen atoms in total. The van der Waals surface area contributed by atoms with Crippen molar-refractivity contribution < 1.29 is 19.1 Å². The van der Waals surface area contributed by atoms with Crippen molar-refractivity contribution in [3.63, 3.8) is 0 Å². The molecule has 3 N–H and O–H groups in total. The van der Waals surface area contributed by atoms with Crippen LogP contribution >= 0.6 is 11.6 Å². The van der Waals surface area contributed by atoms with Crippen LogP contribution in [0, 0.1) is 5.41 Å². The molecular formula is C25H31ClN4O4. The molecule has 0 bridgehead atoms. The molecule has 1 aliphatic rings. The number of ether oxygens (including phenoxy) is 1. The third-order valence-corrected chi connectivity index (χ3v) is 6.66. The number of anilines is 1. The first-order valence-corrected chi connectivity index (χ1v) is 11.7. The van der Waals surface area contributed by atoms with Crippen LogP contribution in [0.1, 0.15) is 30.9 Å². The number of urea groups is 1. The first kappa shape index (κ1) is 25.4. The number of piperidine rings is 1. The molecule has 0 unspecified atom stereocenters. The van der Waals surface area contributed by atoms with Crippen LogP contribution in [0.4, 0.5) is 15.3 Å². The second-order valence-electron chi connectivity index (χ2n) is 8.61. The number of amides is 4. The summed E-state index contributed by atoms with van der Waals surface area (Å²) in [7, 11) is 1.71. The molecule has 4 amide bonds. The first-order valence-electron chi connectivity index (χ1n) is 11.3. The van der Waals surface area contributed by atoms with E-state index < -0.39 is 17.4 Å². The number of hydrogen-bond donors (Lipinski definition) is 2. The van der Waals surface area contributed by atoms with Crippen molar-refractivity contribution >= 4 is 35.3 Å². The van der Waals surface area contributed by atoms with E-state index in [1.54, 1.807) is 35.0 Å². The molecule has 0 spiro atoms. The Morgan fingerprint density at radius 2 is 1.76 bits per heavy atom. The lowest BCUT2D eigenvalue weighted by Gasteiger charge is -2.40. The van der Waals surface area contributed by atoms with Gasteiger partial charge in [0.25, 0.3) is 0 Å². The lowest BCUT2D eigenvalue weighted by Crippen LogP contribution is -2.53. The van der Waals surface area contributed by atoms with Gasteiger partial charge in [0, 0.05) is 37.4 Å². The molecule has 0 aromatic heterocycles. The fourth-order valence-electron chi connectivity index (χ4n) is 3.96. The van der Waals surface area contributed by atoms with Gasteiger partial charge in [0.1, 0.15) is 6.61 Å². The van der Waals surface area contributed by atoms with Crippen LogP contribution in [0.25, 0.3) is 0 Å². The molecule has 0 aliphatic carbocycles. The average molecular weight is 487 g/mol. The molecule has 2 aromatic carbocycles. The first-order chi connectivity index (χ1) is 16.2. The number of nitrogens with zero attached hydrogens (tertiary/aromatic N) is 2. The van der Waals surface area contributed by atoms with E-state index in [0.29, 0.717) is 43.2 Å². The summed E-state index contributed by atoms with van der Waals surface area (Å²) in [6.07, 6.45) is 0.878. The van der Waals surface area contributed by atoms with E-state index in [9.17, 15) is 14.4 Å². The minimum Gasteiger partial charge on any atom is -0.448 e. The minimum absolute atomic E-state index is 0.140. The van der Waals surface area contributed by atoms with Crippen LogP contribution in [0.15, 0.2) is 48.5 Å². The maximum atomic E-state index is 12.9. The van der Waals surface area contributed by atoms with Crippen molar-refractivity contribution in [1.29, 1.82) is 0 Å². The molecule has 1 saturated heterocycles. The zero-order valence-electron chi connectivity index (χ0n) is 19.6. The second kappa shape index (κ2) is 11.2. The summed E-state index contributed by atoms with van der Waals surface area (Å²) < 4.78 is 5.36. The topological polar surface area (TPSA) is 105 Å². The Balaban J connectivity index is 1.53. The van der Waals surface area contributed by atoms with Gasteiger partial charge in [0.05, 0.1) is 5.41 Å². The van der Waals surface area contributed by atoms with Gasteiger partial charge in [-0.2, -0.15) is 0 Å². The number of benzene rings is 2. The minimum atomic E-state index is -1.01. The smallest absolute Gasteiger partial charge is 0.411 e. The Morgan fingerprint density at radius 1 is 1.12 bits per heavy atom.